The molecule has 0 atom stereocenters. The van der Waals surface area contributed by atoms with Gasteiger partial charge in [0.15, 0.2) is 0 Å². The number of rotatable bonds is 3. The molecule has 0 heterocycles. The second-order valence-corrected chi connectivity index (χ2v) is 6.87. The van der Waals surface area contributed by atoms with E-state index in [0.29, 0.717) is 5.88 Å². The summed E-state index contributed by atoms with van der Waals surface area (Å²) in [6, 6.07) is 5.77. The Morgan fingerprint density at radius 3 is 2.18 bits per heavy atom. The molecule has 0 aliphatic heterocycles. The largest absolute Gasteiger partial charge is 0.508 e. The van der Waals surface area contributed by atoms with Gasteiger partial charge in [0, 0.05) is 5.56 Å². The standard InChI is InChI=1S/C15H23ClO/c1-14(2,3)10-15(4,5)12-6-7-13(17)11(8-12)9-16/h6-8,17H,9-10H2,1-5H3. The van der Waals surface area contributed by atoms with E-state index in [1.54, 1.807) is 6.07 Å². The van der Waals surface area contributed by atoms with Crippen LogP contribution in [-0.2, 0) is 11.3 Å². The van der Waals surface area contributed by atoms with Gasteiger partial charge >= 0.3 is 0 Å². The van der Waals surface area contributed by atoms with Crippen molar-refractivity contribution in [2.45, 2.75) is 52.3 Å². The number of aromatic hydroxyl groups is 1. The van der Waals surface area contributed by atoms with Crippen LogP contribution in [0.15, 0.2) is 18.2 Å². The first-order valence-electron chi connectivity index (χ1n) is 6.04. The summed E-state index contributed by atoms with van der Waals surface area (Å²) < 4.78 is 0. The maximum atomic E-state index is 9.65. The number of hydrogen-bond acceptors (Lipinski definition) is 1. The van der Waals surface area contributed by atoms with Gasteiger partial charge in [0.25, 0.3) is 0 Å². The summed E-state index contributed by atoms with van der Waals surface area (Å²) in [7, 11) is 0. The molecule has 0 fully saturated rings. The fourth-order valence-corrected chi connectivity index (χ4v) is 2.76. The Balaban J connectivity index is 3.06. The molecule has 2 heteroatoms. The maximum Gasteiger partial charge on any atom is 0.120 e. The van der Waals surface area contributed by atoms with E-state index in [1.165, 1.54) is 5.56 Å². The van der Waals surface area contributed by atoms with Crippen molar-refractivity contribution < 1.29 is 5.11 Å². The molecule has 0 aliphatic carbocycles. The van der Waals surface area contributed by atoms with Crippen molar-refractivity contribution in [3.05, 3.63) is 29.3 Å². The molecule has 1 aromatic rings. The molecule has 0 radical (unpaired) electrons. The minimum absolute atomic E-state index is 0.0900. The Morgan fingerprint density at radius 2 is 1.71 bits per heavy atom. The van der Waals surface area contributed by atoms with Crippen LogP contribution in [0, 0.1) is 5.41 Å². The molecule has 0 spiro atoms. The molecule has 17 heavy (non-hydrogen) atoms. The second-order valence-electron chi connectivity index (χ2n) is 6.60. The number of benzene rings is 1. The molecule has 0 saturated heterocycles. The van der Waals surface area contributed by atoms with Crippen LogP contribution in [0.2, 0.25) is 0 Å². The number of alkyl halides is 1. The van der Waals surface area contributed by atoms with Gasteiger partial charge in [0.1, 0.15) is 5.75 Å². The average Bonchev–Trinajstić information content (AvgIpc) is 2.14. The minimum atomic E-state index is 0.0900. The van der Waals surface area contributed by atoms with Crippen LogP contribution in [0.1, 0.15) is 52.2 Å². The van der Waals surface area contributed by atoms with Crippen molar-refractivity contribution in [1.29, 1.82) is 0 Å². The number of phenolic OH excluding ortho intramolecular Hbond substituents is 1. The summed E-state index contributed by atoms with van der Waals surface area (Å²) in [4.78, 5) is 0. The van der Waals surface area contributed by atoms with Crippen molar-refractivity contribution in [2.24, 2.45) is 5.41 Å². The van der Waals surface area contributed by atoms with Crippen molar-refractivity contribution in [3.63, 3.8) is 0 Å². The monoisotopic (exact) mass is 254 g/mol. The van der Waals surface area contributed by atoms with E-state index in [4.69, 9.17) is 11.6 Å². The van der Waals surface area contributed by atoms with Gasteiger partial charge in [-0.05, 0) is 28.9 Å². The van der Waals surface area contributed by atoms with Gasteiger partial charge in [-0.2, -0.15) is 0 Å². The van der Waals surface area contributed by atoms with Crippen LogP contribution in [0.25, 0.3) is 0 Å². The molecular weight excluding hydrogens is 232 g/mol. The van der Waals surface area contributed by atoms with E-state index in [9.17, 15) is 5.11 Å². The summed E-state index contributed by atoms with van der Waals surface area (Å²) in [5.74, 6) is 0.640. The Kier molecular flexibility index (Phi) is 4.14. The zero-order valence-electron chi connectivity index (χ0n) is 11.5. The first kappa shape index (κ1) is 14.4. The zero-order valence-corrected chi connectivity index (χ0v) is 12.2. The summed E-state index contributed by atoms with van der Waals surface area (Å²) in [6.07, 6.45) is 1.09. The van der Waals surface area contributed by atoms with Crippen molar-refractivity contribution in [3.8, 4) is 5.75 Å². The second kappa shape index (κ2) is 4.89. The molecule has 1 nitrogen and oxygen atoms in total. The quantitative estimate of drug-likeness (QED) is 0.765. The fraction of sp³-hybridized carbons (Fsp3) is 0.600. The Labute approximate surface area is 110 Å². The third-order valence-corrected chi connectivity index (χ3v) is 3.27. The van der Waals surface area contributed by atoms with Gasteiger partial charge < -0.3 is 5.11 Å². The van der Waals surface area contributed by atoms with Gasteiger partial charge in [-0.25, -0.2) is 0 Å². The molecule has 1 aromatic carbocycles. The number of hydrogen-bond donors (Lipinski definition) is 1. The lowest BCUT2D eigenvalue weighted by Crippen LogP contribution is -2.24. The maximum absolute atomic E-state index is 9.65. The molecule has 0 saturated carbocycles. The van der Waals surface area contributed by atoms with Crippen molar-refractivity contribution >= 4 is 11.6 Å². The van der Waals surface area contributed by atoms with Crippen LogP contribution in [-0.4, -0.2) is 5.11 Å². The van der Waals surface area contributed by atoms with E-state index in [-0.39, 0.29) is 16.6 Å². The zero-order chi connectivity index (χ0) is 13.3. The first-order valence-corrected chi connectivity index (χ1v) is 6.57. The molecule has 0 amide bonds. The Hall–Kier alpha value is -0.690. The third-order valence-electron chi connectivity index (χ3n) is 2.98. The predicted molar refractivity (Wildman–Crippen MR) is 74.8 cm³/mol. The van der Waals surface area contributed by atoms with E-state index >= 15 is 0 Å². The third kappa shape index (κ3) is 3.92. The number of phenols is 1. The highest BCUT2D eigenvalue weighted by Gasteiger charge is 2.27. The van der Waals surface area contributed by atoms with Crippen LogP contribution < -0.4 is 0 Å². The molecule has 0 unspecified atom stereocenters. The predicted octanol–water partition coefficient (Wildman–Crippen LogP) is 4.84. The highest BCUT2D eigenvalue weighted by Crippen LogP contribution is 2.37. The summed E-state index contributed by atoms with van der Waals surface area (Å²) in [5, 5.41) is 9.65. The van der Waals surface area contributed by atoms with E-state index in [0.717, 1.165) is 12.0 Å². The fourth-order valence-electron chi connectivity index (χ4n) is 2.54. The van der Waals surface area contributed by atoms with Gasteiger partial charge in [0.2, 0.25) is 0 Å². The summed E-state index contributed by atoms with van der Waals surface area (Å²) in [6.45, 7) is 11.2. The Morgan fingerprint density at radius 1 is 1.12 bits per heavy atom. The topological polar surface area (TPSA) is 20.2 Å². The van der Waals surface area contributed by atoms with Crippen molar-refractivity contribution in [1.82, 2.24) is 0 Å². The summed E-state index contributed by atoms with van der Waals surface area (Å²) >= 11 is 5.83. The van der Waals surface area contributed by atoms with Crippen LogP contribution in [0.3, 0.4) is 0 Å². The van der Waals surface area contributed by atoms with E-state index in [1.807, 2.05) is 12.1 Å². The van der Waals surface area contributed by atoms with Gasteiger partial charge in [-0.1, -0.05) is 46.8 Å². The lowest BCUT2D eigenvalue weighted by molar-refractivity contribution is 0.284. The van der Waals surface area contributed by atoms with E-state index in [2.05, 4.69) is 34.6 Å². The molecule has 0 aliphatic rings. The van der Waals surface area contributed by atoms with Crippen LogP contribution in [0.5, 0.6) is 5.75 Å². The van der Waals surface area contributed by atoms with Crippen LogP contribution >= 0.6 is 11.6 Å². The molecule has 96 valence electrons. The Bertz CT molecular complexity index is 388. The lowest BCUT2D eigenvalue weighted by Gasteiger charge is -2.33. The smallest absolute Gasteiger partial charge is 0.120 e. The minimum Gasteiger partial charge on any atom is -0.508 e. The lowest BCUT2D eigenvalue weighted by atomic mass is 9.72. The van der Waals surface area contributed by atoms with E-state index < -0.39 is 0 Å². The number of halogens is 1. The first-order chi connectivity index (χ1) is 7.65. The highest BCUT2D eigenvalue weighted by molar-refractivity contribution is 6.17. The highest BCUT2D eigenvalue weighted by atomic mass is 35.5. The molecule has 1 rings (SSSR count). The summed E-state index contributed by atoms with van der Waals surface area (Å²) in [5.41, 5.74) is 2.42. The molecule has 0 bridgehead atoms. The van der Waals surface area contributed by atoms with Gasteiger partial charge in [0.05, 0.1) is 5.88 Å². The molecular formula is C15H23ClO. The van der Waals surface area contributed by atoms with Crippen molar-refractivity contribution in [2.75, 3.05) is 0 Å². The van der Waals surface area contributed by atoms with Gasteiger partial charge in [-0.15, -0.1) is 11.6 Å². The van der Waals surface area contributed by atoms with Gasteiger partial charge in [-0.3, -0.25) is 0 Å². The normalized spacial score (nSPS) is 12.8. The molecule has 1 N–H and O–H groups in total. The average molecular weight is 255 g/mol. The van der Waals surface area contributed by atoms with Crippen LogP contribution in [0.4, 0.5) is 0 Å². The molecule has 0 aromatic heterocycles. The SMILES string of the molecule is CC(C)(C)CC(C)(C)c1ccc(O)c(CCl)c1.